The van der Waals surface area contributed by atoms with Crippen LogP contribution in [0.15, 0.2) is 47.8 Å². The molecule has 7 nitrogen and oxygen atoms in total. The van der Waals surface area contributed by atoms with E-state index in [2.05, 4.69) is 10.3 Å². The lowest BCUT2D eigenvalue weighted by molar-refractivity contribution is -0.149. The van der Waals surface area contributed by atoms with Crippen molar-refractivity contribution in [2.75, 3.05) is 25.6 Å². The number of rotatable bonds is 8. The highest BCUT2D eigenvalue weighted by Crippen LogP contribution is 2.28. The summed E-state index contributed by atoms with van der Waals surface area (Å²) in [5, 5.41) is 4.92. The van der Waals surface area contributed by atoms with Crippen molar-refractivity contribution >= 4 is 28.3 Å². The largest absolute Gasteiger partial charge is 0.493 e. The Kier molecular flexibility index (Phi) is 7.03. The van der Waals surface area contributed by atoms with Gasteiger partial charge >= 0.3 is 5.97 Å². The zero-order chi connectivity index (χ0) is 21.5. The Hall–Kier alpha value is -3.39. The number of hydrogen-bond donors (Lipinski definition) is 1. The zero-order valence-corrected chi connectivity index (χ0v) is 17.7. The highest BCUT2D eigenvalue weighted by Gasteiger charge is 2.13. The number of anilines is 1. The molecule has 0 saturated carbocycles. The predicted octanol–water partition coefficient (Wildman–Crippen LogP) is 4.00. The van der Waals surface area contributed by atoms with Gasteiger partial charge in [-0.05, 0) is 31.5 Å². The topological polar surface area (TPSA) is 86.8 Å². The maximum atomic E-state index is 12.0. The molecule has 0 aliphatic carbocycles. The number of esters is 1. The number of hydrogen-bond acceptors (Lipinski definition) is 7. The van der Waals surface area contributed by atoms with Gasteiger partial charge < -0.3 is 14.2 Å². The fraction of sp³-hybridized carbons (Fsp3) is 0.227. The Morgan fingerprint density at radius 2 is 1.73 bits per heavy atom. The molecule has 2 aromatic carbocycles. The highest BCUT2D eigenvalue weighted by atomic mass is 32.1. The molecule has 1 N–H and O–H groups in total. The van der Waals surface area contributed by atoms with Gasteiger partial charge in [0.05, 0.1) is 12.8 Å². The molecule has 1 amide bonds. The van der Waals surface area contributed by atoms with Gasteiger partial charge in [0.2, 0.25) is 0 Å². The summed E-state index contributed by atoms with van der Waals surface area (Å²) in [6.45, 7) is 3.18. The third-order valence-electron chi connectivity index (χ3n) is 4.13. The zero-order valence-electron chi connectivity index (χ0n) is 16.9. The Bertz CT molecular complexity index is 1030. The van der Waals surface area contributed by atoms with Gasteiger partial charge in [-0.1, -0.05) is 35.9 Å². The van der Waals surface area contributed by atoms with E-state index in [4.69, 9.17) is 14.2 Å². The first-order valence-corrected chi connectivity index (χ1v) is 10.1. The van der Waals surface area contributed by atoms with Crippen LogP contribution in [-0.2, 0) is 14.3 Å². The van der Waals surface area contributed by atoms with Gasteiger partial charge in [-0.15, -0.1) is 11.3 Å². The lowest BCUT2D eigenvalue weighted by Gasteiger charge is -2.11. The van der Waals surface area contributed by atoms with E-state index in [1.807, 2.05) is 49.6 Å². The number of aromatic nitrogens is 1. The van der Waals surface area contributed by atoms with E-state index in [-0.39, 0.29) is 6.61 Å². The van der Waals surface area contributed by atoms with Crippen LogP contribution in [0.4, 0.5) is 5.13 Å². The second-order valence-corrected chi connectivity index (χ2v) is 7.41. The lowest BCUT2D eigenvalue weighted by Crippen LogP contribution is -2.23. The van der Waals surface area contributed by atoms with Crippen LogP contribution in [0.1, 0.15) is 11.1 Å². The fourth-order valence-corrected chi connectivity index (χ4v) is 3.30. The predicted molar refractivity (Wildman–Crippen MR) is 115 cm³/mol. The van der Waals surface area contributed by atoms with Gasteiger partial charge in [-0.3, -0.25) is 10.1 Å². The summed E-state index contributed by atoms with van der Waals surface area (Å²) in [7, 11) is 1.52. The SMILES string of the molecule is COc1cc(C)ccc1OCC(=O)OCC(=O)Nc1nc(-c2ccc(C)cc2)cs1. The van der Waals surface area contributed by atoms with Crippen molar-refractivity contribution in [2.24, 2.45) is 0 Å². The van der Waals surface area contributed by atoms with Crippen LogP contribution in [0.25, 0.3) is 11.3 Å². The van der Waals surface area contributed by atoms with Crippen molar-refractivity contribution in [3.63, 3.8) is 0 Å². The monoisotopic (exact) mass is 426 g/mol. The Balaban J connectivity index is 1.45. The molecule has 0 aliphatic rings. The fourth-order valence-electron chi connectivity index (χ4n) is 2.56. The molecule has 3 rings (SSSR count). The molecule has 0 radical (unpaired) electrons. The number of carbonyl (C=O) groups excluding carboxylic acids is 2. The van der Waals surface area contributed by atoms with Crippen molar-refractivity contribution in [1.82, 2.24) is 4.98 Å². The van der Waals surface area contributed by atoms with E-state index in [1.54, 1.807) is 12.1 Å². The summed E-state index contributed by atoms with van der Waals surface area (Å²) < 4.78 is 15.6. The molecule has 3 aromatic rings. The van der Waals surface area contributed by atoms with E-state index in [1.165, 1.54) is 18.4 Å². The van der Waals surface area contributed by atoms with E-state index in [0.717, 1.165) is 22.4 Å². The molecule has 8 heteroatoms. The summed E-state index contributed by atoms with van der Waals surface area (Å²) in [6, 6.07) is 13.3. The summed E-state index contributed by atoms with van der Waals surface area (Å²) >= 11 is 1.30. The third kappa shape index (κ3) is 5.81. The van der Waals surface area contributed by atoms with Gasteiger partial charge in [0.15, 0.2) is 29.8 Å². The van der Waals surface area contributed by atoms with Crippen LogP contribution in [0.5, 0.6) is 11.5 Å². The van der Waals surface area contributed by atoms with Gasteiger partial charge in [-0.25, -0.2) is 9.78 Å². The highest BCUT2D eigenvalue weighted by molar-refractivity contribution is 7.14. The molecule has 156 valence electrons. The summed E-state index contributed by atoms with van der Waals surface area (Å²) in [6.07, 6.45) is 0. The maximum Gasteiger partial charge on any atom is 0.344 e. The van der Waals surface area contributed by atoms with Crippen LogP contribution >= 0.6 is 11.3 Å². The minimum absolute atomic E-state index is 0.332. The van der Waals surface area contributed by atoms with E-state index >= 15 is 0 Å². The number of amides is 1. The number of aryl methyl sites for hydroxylation is 2. The minimum atomic E-state index is -0.660. The van der Waals surface area contributed by atoms with Crippen LogP contribution in [0.3, 0.4) is 0 Å². The minimum Gasteiger partial charge on any atom is -0.493 e. The third-order valence-corrected chi connectivity index (χ3v) is 4.88. The molecule has 0 aliphatic heterocycles. The first-order valence-electron chi connectivity index (χ1n) is 9.20. The molecule has 0 unspecified atom stereocenters. The first-order chi connectivity index (χ1) is 14.4. The molecule has 30 heavy (non-hydrogen) atoms. The Labute approximate surface area is 178 Å². The van der Waals surface area contributed by atoms with Crippen molar-refractivity contribution < 1.29 is 23.8 Å². The second-order valence-electron chi connectivity index (χ2n) is 6.56. The molecule has 0 spiro atoms. The number of methoxy groups -OCH3 is 1. The number of ether oxygens (including phenoxy) is 3. The molecular formula is C22H22N2O5S. The van der Waals surface area contributed by atoms with Crippen molar-refractivity contribution in [3.05, 3.63) is 59.0 Å². The number of thiazole rings is 1. The molecule has 0 saturated heterocycles. The van der Waals surface area contributed by atoms with Crippen LogP contribution in [-0.4, -0.2) is 37.2 Å². The van der Waals surface area contributed by atoms with Gasteiger partial charge in [0, 0.05) is 10.9 Å². The number of benzene rings is 2. The van der Waals surface area contributed by atoms with E-state index in [9.17, 15) is 9.59 Å². The smallest absolute Gasteiger partial charge is 0.344 e. The Morgan fingerprint density at radius 1 is 1.00 bits per heavy atom. The van der Waals surface area contributed by atoms with Gasteiger partial charge in [0.25, 0.3) is 5.91 Å². The van der Waals surface area contributed by atoms with Gasteiger partial charge in [-0.2, -0.15) is 0 Å². The number of carbonyl (C=O) groups is 2. The molecule has 0 fully saturated rings. The van der Waals surface area contributed by atoms with Crippen LogP contribution in [0.2, 0.25) is 0 Å². The average Bonchev–Trinajstić information content (AvgIpc) is 3.20. The number of nitrogens with one attached hydrogen (secondary N) is 1. The van der Waals surface area contributed by atoms with Crippen molar-refractivity contribution in [2.45, 2.75) is 13.8 Å². The maximum absolute atomic E-state index is 12.0. The molecule has 0 bridgehead atoms. The Morgan fingerprint density at radius 3 is 2.47 bits per heavy atom. The summed E-state index contributed by atoms with van der Waals surface area (Å²) in [5.41, 5.74) is 3.90. The summed E-state index contributed by atoms with van der Waals surface area (Å²) in [4.78, 5) is 28.3. The van der Waals surface area contributed by atoms with Crippen LogP contribution in [0, 0.1) is 13.8 Å². The lowest BCUT2D eigenvalue weighted by atomic mass is 10.1. The number of nitrogens with zero attached hydrogens (tertiary/aromatic N) is 1. The summed E-state index contributed by atoms with van der Waals surface area (Å²) in [5.74, 6) is -0.182. The normalized spacial score (nSPS) is 10.4. The standard InChI is InChI=1S/C22H22N2O5S/c1-14-4-7-16(8-5-14)17-13-30-22(23-17)24-20(25)11-29-21(26)12-28-18-9-6-15(2)10-19(18)27-3/h4-10,13H,11-12H2,1-3H3,(H,23,24,25). The van der Waals surface area contributed by atoms with Gasteiger partial charge in [0.1, 0.15) is 0 Å². The molecule has 1 heterocycles. The van der Waals surface area contributed by atoms with Crippen molar-refractivity contribution in [3.8, 4) is 22.8 Å². The average molecular weight is 426 g/mol. The van der Waals surface area contributed by atoms with E-state index in [0.29, 0.717) is 16.6 Å². The molecular weight excluding hydrogens is 404 g/mol. The first kappa shape index (κ1) is 21.3. The van der Waals surface area contributed by atoms with E-state index < -0.39 is 18.5 Å². The molecule has 1 aromatic heterocycles. The second kappa shape index (κ2) is 9.89. The quantitative estimate of drug-likeness (QED) is 0.548. The van der Waals surface area contributed by atoms with Crippen molar-refractivity contribution in [1.29, 1.82) is 0 Å². The van der Waals surface area contributed by atoms with Crippen LogP contribution < -0.4 is 14.8 Å². The molecule has 0 atom stereocenters.